The van der Waals surface area contributed by atoms with E-state index in [-0.39, 0.29) is 46.8 Å². The van der Waals surface area contributed by atoms with Crippen molar-refractivity contribution in [2.24, 2.45) is 35.5 Å². The number of Topliss-reactive ketones (excluding diaryl/α,β-unsaturated/α-hetero) is 1. The number of imide groups is 1. The van der Waals surface area contributed by atoms with Gasteiger partial charge in [-0.1, -0.05) is 72.3 Å². The van der Waals surface area contributed by atoms with Crippen LogP contribution in [-0.4, -0.2) is 35.2 Å². The number of pyridine rings is 1. The van der Waals surface area contributed by atoms with Crippen LogP contribution in [0.4, 0.5) is 5.69 Å². The Morgan fingerprint density at radius 3 is 2.23 bits per heavy atom. The molecule has 4 aromatic rings. The summed E-state index contributed by atoms with van der Waals surface area (Å²) in [6, 6.07) is 20.8. The van der Waals surface area contributed by atoms with Gasteiger partial charge in [0.2, 0.25) is 11.8 Å². The summed E-state index contributed by atoms with van der Waals surface area (Å²) in [6.07, 6.45) is 5.45. The summed E-state index contributed by atoms with van der Waals surface area (Å²) in [5.41, 5.74) is 3.66. The van der Waals surface area contributed by atoms with E-state index in [1.807, 2.05) is 13.0 Å². The smallest absolute Gasteiger partial charge is 0.339 e. The van der Waals surface area contributed by atoms with Crippen molar-refractivity contribution in [3.63, 3.8) is 0 Å². The van der Waals surface area contributed by atoms with Crippen molar-refractivity contribution in [2.45, 2.75) is 13.3 Å². The largest absolute Gasteiger partial charge is 0.454 e. The van der Waals surface area contributed by atoms with Crippen LogP contribution in [0.5, 0.6) is 0 Å². The molecular formula is C36H27ClN2O5. The molecule has 1 aromatic heterocycles. The standard InChI is InChI=1S/C36H27ClN2O5/c1-18-28(37)14-13-24-27(36(43)44-17-30(40)20-5-3-2-4-6-20)16-29(38-33(18)24)19-7-9-21(10-8-19)39-34(41)31-22-11-12-23(26-15-25(22)26)32(31)35(39)42/h2-14,16,22-23,25-26,31-32H,15,17H2,1H3. The lowest BCUT2D eigenvalue weighted by Crippen LogP contribution is -2.40. The molecule has 2 amide bonds. The lowest BCUT2D eigenvalue weighted by atomic mass is 9.63. The lowest BCUT2D eigenvalue weighted by Gasteiger charge is -2.37. The van der Waals surface area contributed by atoms with E-state index < -0.39 is 12.6 Å². The van der Waals surface area contributed by atoms with Gasteiger partial charge in [-0.2, -0.15) is 0 Å². The molecule has 0 radical (unpaired) electrons. The Morgan fingerprint density at radius 2 is 1.57 bits per heavy atom. The summed E-state index contributed by atoms with van der Waals surface area (Å²) in [4.78, 5) is 59.3. The summed E-state index contributed by atoms with van der Waals surface area (Å²) >= 11 is 6.42. The number of fused-ring (bicyclic) bond motifs is 1. The number of ketones is 1. The molecule has 6 atom stereocenters. The van der Waals surface area contributed by atoms with E-state index in [0.717, 1.165) is 6.42 Å². The summed E-state index contributed by atoms with van der Waals surface area (Å²) in [6.45, 7) is 1.43. The summed E-state index contributed by atoms with van der Waals surface area (Å²) < 4.78 is 5.47. The minimum Gasteiger partial charge on any atom is -0.454 e. The maximum absolute atomic E-state index is 13.6. The van der Waals surface area contributed by atoms with Crippen LogP contribution in [0, 0.1) is 42.4 Å². The highest BCUT2D eigenvalue weighted by atomic mass is 35.5. The maximum atomic E-state index is 13.6. The SMILES string of the molecule is Cc1c(Cl)ccc2c(C(=O)OCC(=O)c3ccccc3)cc(-c3ccc(N4C(=O)C5C6C=CC(C7CC67)C5C4=O)cc3)nc12. The Morgan fingerprint density at radius 1 is 0.909 bits per heavy atom. The van der Waals surface area contributed by atoms with Gasteiger partial charge in [0.05, 0.1) is 34.3 Å². The van der Waals surface area contributed by atoms with Gasteiger partial charge in [-0.25, -0.2) is 9.78 Å². The maximum Gasteiger partial charge on any atom is 0.339 e. The number of carbonyl (C=O) groups is 4. The van der Waals surface area contributed by atoms with Crippen LogP contribution in [0.15, 0.2) is 84.9 Å². The summed E-state index contributed by atoms with van der Waals surface area (Å²) in [7, 11) is 0. The third kappa shape index (κ3) is 4.06. The number of hydrogen-bond acceptors (Lipinski definition) is 6. The van der Waals surface area contributed by atoms with Gasteiger partial charge < -0.3 is 4.74 Å². The van der Waals surface area contributed by atoms with Crippen LogP contribution < -0.4 is 4.90 Å². The van der Waals surface area contributed by atoms with Crippen molar-refractivity contribution in [1.82, 2.24) is 4.98 Å². The monoisotopic (exact) mass is 602 g/mol. The van der Waals surface area contributed by atoms with Gasteiger partial charge in [0.25, 0.3) is 0 Å². The number of aromatic nitrogens is 1. The minimum atomic E-state index is -0.654. The minimum absolute atomic E-state index is 0.110. The number of carbonyl (C=O) groups excluding carboxylic acids is 4. The van der Waals surface area contributed by atoms with E-state index in [1.54, 1.807) is 66.7 Å². The van der Waals surface area contributed by atoms with E-state index >= 15 is 0 Å². The Kier molecular flexibility index (Phi) is 6.10. The normalized spacial score (nSPS) is 26.1. The number of rotatable bonds is 6. The number of amides is 2. The highest BCUT2D eigenvalue weighted by Gasteiger charge is 2.67. The molecule has 218 valence electrons. The van der Waals surface area contributed by atoms with Gasteiger partial charge in [-0.15, -0.1) is 0 Å². The molecule has 2 saturated carbocycles. The number of aryl methyl sites for hydroxylation is 1. The van der Waals surface area contributed by atoms with Gasteiger partial charge in [-0.05, 0) is 66.8 Å². The number of nitrogens with zero attached hydrogens (tertiary/aromatic N) is 2. The second kappa shape index (κ2) is 9.96. The first-order valence-corrected chi connectivity index (χ1v) is 15.2. The van der Waals surface area contributed by atoms with Crippen molar-refractivity contribution in [1.29, 1.82) is 0 Å². The van der Waals surface area contributed by atoms with Gasteiger partial charge in [0.15, 0.2) is 12.4 Å². The lowest BCUT2D eigenvalue weighted by molar-refractivity contribution is -0.124. The zero-order valence-electron chi connectivity index (χ0n) is 23.8. The van der Waals surface area contributed by atoms with Gasteiger partial charge >= 0.3 is 5.97 Å². The van der Waals surface area contributed by atoms with Crippen LogP contribution in [-0.2, 0) is 14.3 Å². The van der Waals surface area contributed by atoms with Gasteiger partial charge in [-0.3, -0.25) is 19.3 Å². The van der Waals surface area contributed by atoms with Gasteiger partial charge in [0, 0.05) is 21.5 Å². The molecule has 1 aliphatic heterocycles. The predicted octanol–water partition coefficient (Wildman–Crippen LogP) is 6.46. The molecule has 0 N–H and O–H groups in total. The number of halogens is 1. The number of benzene rings is 3. The Bertz CT molecular complexity index is 1900. The van der Waals surface area contributed by atoms with Crippen molar-refractivity contribution in [3.05, 3.63) is 107 Å². The molecule has 0 spiro atoms. The second-order valence-electron chi connectivity index (χ2n) is 12.2. The number of esters is 1. The molecular weight excluding hydrogens is 576 g/mol. The molecule has 44 heavy (non-hydrogen) atoms. The molecule has 2 bridgehead atoms. The Labute approximate surface area is 258 Å². The van der Waals surface area contributed by atoms with Crippen molar-refractivity contribution in [3.8, 4) is 11.3 Å². The molecule has 6 unspecified atom stereocenters. The number of anilines is 1. The average molecular weight is 603 g/mol. The molecule has 1 saturated heterocycles. The second-order valence-corrected chi connectivity index (χ2v) is 12.6. The summed E-state index contributed by atoms with van der Waals surface area (Å²) in [5, 5.41) is 1.06. The predicted molar refractivity (Wildman–Crippen MR) is 165 cm³/mol. The van der Waals surface area contributed by atoms with Crippen molar-refractivity contribution < 1.29 is 23.9 Å². The molecule has 9 rings (SSSR count). The van der Waals surface area contributed by atoms with E-state index in [4.69, 9.17) is 21.3 Å². The fourth-order valence-electron chi connectivity index (χ4n) is 7.63. The quantitative estimate of drug-likeness (QED) is 0.109. The van der Waals surface area contributed by atoms with Crippen LogP contribution in [0.3, 0.4) is 0 Å². The topological polar surface area (TPSA) is 93.6 Å². The summed E-state index contributed by atoms with van der Waals surface area (Å²) in [5.74, 6) is -0.309. The third-order valence-corrected chi connectivity index (χ3v) is 10.3. The fraction of sp³-hybridized carbons (Fsp3) is 0.250. The number of allylic oxidation sites excluding steroid dienone is 2. The highest BCUT2D eigenvalue weighted by molar-refractivity contribution is 6.32. The molecule has 8 heteroatoms. The van der Waals surface area contributed by atoms with Gasteiger partial charge in [0.1, 0.15) is 0 Å². The van der Waals surface area contributed by atoms with Crippen LogP contribution in [0.1, 0.15) is 32.7 Å². The third-order valence-electron chi connectivity index (χ3n) is 9.90. The van der Waals surface area contributed by atoms with E-state index in [2.05, 4.69) is 12.2 Å². The van der Waals surface area contributed by atoms with Crippen LogP contribution in [0.2, 0.25) is 5.02 Å². The van der Waals surface area contributed by atoms with E-state index in [9.17, 15) is 19.2 Å². The molecule has 3 fully saturated rings. The van der Waals surface area contributed by atoms with Crippen molar-refractivity contribution in [2.75, 3.05) is 11.5 Å². The Balaban J connectivity index is 1.10. The zero-order valence-corrected chi connectivity index (χ0v) is 24.5. The molecule has 2 heterocycles. The zero-order chi connectivity index (χ0) is 30.3. The molecule has 4 aliphatic carbocycles. The number of hydrogen-bond donors (Lipinski definition) is 0. The fourth-order valence-corrected chi connectivity index (χ4v) is 7.78. The van der Waals surface area contributed by atoms with E-state index in [1.165, 1.54) is 4.90 Å². The van der Waals surface area contributed by atoms with Crippen molar-refractivity contribution >= 4 is 51.8 Å². The number of ether oxygens (including phenoxy) is 1. The molecule has 7 nitrogen and oxygen atoms in total. The molecule has 5 aliphatic rings. The van der Waals surface area contributed by atoms with Crippen LogP contribution in [0.25, 0.3) is 22.2 Å². The Hall–Kier alpha value is -4.62. The first-order valence-electron chi connectivity index (χ1n) is 14.8. The first kappa shape index (κ1) is 27.0. The van der Waals surface area contributed by atoms with E-state index in [0.29, 0.717) is 55.8 Å². The molecule has 3 aromatic carbocycles. The van der Waals surface area contributed by atoms with Crippen LogP contribution >= 0.6 is 11.6 Å². The highest BCUT2D eigenvalue weighted by Crippen LogP contribution is 2.65. The average Bonchev–Trinajstić information content (AvgIpc) is 3.84. The first-order chi connectivity index (χ1) is 21.3.